The van der Waals surface area contributed by atoms with E-state index in [9.17, 15) is 4.79 Å². The van der Waals surface area contributed by atoms with Crippen molar-refractivity contribution in [2.75, 3.05) is 18.1 Å². The molecule has 1 aromatic rings. The summed E-state index contributed by atoms with van der Waals surface area (Å²) < 4.78 is 5.93. The fraction of sp³-hybridized carbons (Fsp3) is 0.733. The maximum atomic E-state index is 12.0. The van der Waals surface area contributed by atoms with Crippen LogP contribution in [0.5, 0.6) is 0 Å². The number of anilines is 1. The first kappa shape index (κ1) is 12.8. The molecule has 5 heteroatoms. The highest BCUT2D eigenvalue weighted by molar-refractivity contribution is 7.16. The minimum absolute atomic E-state index is 0.238. The van der Waals surface area contributed by atoms with Gasteiger partial charge in [-0.25, -0.2) is 4.98 Å². The lowest BCUT2D eigenvalue weighted by Crippen LogP contribution is -2.52. The number of ketones is 1. The number of hydrogen-bond acceptors (Lipinski definition) is 5. The Labute approximate surface area is 123 Å². The van der Waals surface area contributed by atoms with Gasteiger partial charge >= 0.3 is 0 Å². The lowest BCUT2D eigenvalue weighted by atomic mass is 9.90. The van der Waals surface area contributed by atoms with E-state index in [-0.39, 0.29) is 5.78 Å². The van der Waals surface area contributed by atoms with Crippen molar-refractivity contribution >= 4 is 22.3 Å². The molecule has 2 aliphatic carbocycles. The largest absolute Gasteiger partial charge is 0.374 e. The lowest BCUT2D eigenvalue weighted by molar-refractivity contribution is -0.00869. The molecule has 4 rings (SSSR count). The van der Waals surface area contributed by atoms with Gasteiger partial charge in [0.2, 0.25) is 0 Å². The third kappa shape index (κ3) is 2.07. The number of hydrogen-bond donors (Lipinski definition) is 0. The smallest absolute Gasteiger partial charge is 0.186 e. The van der Waals surface area contributed by atoms with E-state index in [1.165, 1.54) is 30.6 Å². The van der Waals surface area contributed by atoms with Crippen LogP contribution in [0.2, 0.25) is 0 Å². The Kier molecular flexibility index (Phi) is 3.27. The van der Waals surface area contributed by atoms with Gasteiger partial charge in [0.15, 0.2) is 10.9 Å². The van der Waals surface area contributed by atoms with Crippen LogP contribution in [-0.2, 0) is 11.2 Å². The number of ether oxygens (including phenoxy) is 1. The average Bonchev–Trinajstić information content (AvgIpc) is 2.92. The Bertz CT molecular complexity index is 526. The maximum Gasteiger partial charge on any atom is 0.186 e. The van der Waals surface area contributed by atoms with Crippen molar-refractivity contribution in [2.24, 2.45) is 0 Å². The van der Waals surface area contributed by atoms with E-state index in [0.29, 0.717) is 18.6 Å². The van der Waals surface area contributed by atoms with Crippen LogP contribution in [-0.4, -0.2) is 36.1 Å². The molecule has 20 heavy (non-hydrogen) atoms. The number of fused-ring (bicyclic) bond motifs is 2. The van der Waals surface area contributed by atoms with Gasteiger partial charge in [0.05, 0.1) is 18.8 Å². The van der Waals surface area contributed by atoms with Crippen molar-refractivity contribution in [1.82, 2.24) is 4.98 Å². The number of aryl methyl sites for hydroxylation is 1. The zero-order valence-electron chi connectivity index (χ0n) is 11.6. The molecule has 0 spiro atoms. The molecule has 1 saturated heterocycles. The number of rotatable bonds is 1. The van der Waals surface area contributed by atoms with Crippen LogP contribution in [0.1, 0.15) is 53.9 Å². The molecule has 3 aliphatic rings. The van der Waals surface area contributed by atoms with Crippen LogP contribution in [0.4, 0.5) is 5.13 Å². The lowest BCUT2D eigenvalue weighted by Gasteiger charge is -2.43. The highest BCUT2D eigenvalue weighted by Gasteiger charge is 2.36. The van der Waals surface area contributed by atoms with Crippen LogP contribution < -0.4 is 4.90 Å². The molecular formula is C15H20N2O2S. The number of thiazole rings is 1. The monoisotopic (exact) mass is 292 g/mol. The third-order valence-electron chi connectivity index (χ3n) is 4.74. The molecule has 0 bridgehead atoms. The Balaban J connectivity index is 1.64. The normalized spacial score (nSPS) is 30.0. The Hall–Kier alpha value is -0.940. The molecule has 4 nitrogen and oxygen atoms in total. The van der Waals surface area contributed by atoms with Gasteiger partial charge in [-0.1, -0.05) is 12.8 Å². The highest BCUT2D eigenvalue weighted by atomic mass is 32.1. The maximum absolute atomic E-state index is 12.0. The van der Waals surface area contributed by atoms with E-state index < -0.39 is 0 Å². The summed E-state index contributed by atoms with van der Waals surface area (Å²) in [6.07, 6.45) is 7.99. The van der Waals surface area contributed by atoms with Crippen LogP contribution in [0.15, 0.2) is 0 Å². The number of nitrogens with zero attached hydrogens (tertiary/aromatic N) is 2. The number of Topliss-reactive ketones (excluding diaryl/α,β-unsaturated/α-hetero) is 1. The Morgan fingerprint density at radius 1 is 1.20 bits per heavy atom. The first-order valence-corrected chi connectivity index (χ1v) is 8.56. The fourth-order valence-corrected chi connectivity index (χ4v) is 4.92. The molecule has 1 saturated carbocycles. The summed E-state index contributed by atoms with van der Waals surface area (Å²) >= 11 is 1.74. The van der Waals surface area contributed by atoms with Crippen molar-refractivity contribution in [3.05, 3.63) is 10.6 Å². The molecular weight excluding hydrogens is 272 g/mol. The first-order chi connectivity index (χ1) is 9.83. The Morgan fingerprint density at radius 2 is 2.10 bits per heavy atom. The predicted molar refractivity (Wildman–Crippen MR) is 78.7 cm³/mol. The zero-order chi connectivity index (χ0) is 13.5. The van der Waals surface area contributed by atoms with Crippen LogP contribution >= 0.6 is 11.3 Å². The van der Waals surface area contributed by atoms with Gasteiger partial charge in [0.25, 0.3) is 0 Å². The molecule has 0 radical (unpaired) electrons. The highest BCUT2D eigenvalue weighted by Crippen LogP contribution is 2.37. The van der Waals surface area contributed by atoms with E-state index >= 15 is 0 Å². The van der Waals surface area contributed by atoms with Gasteiger partial charge in [-0.15, -0.1) is 11.3 Å². The molecule has 2 unspecified atom stereocenters. The number of carbonyl (C=O) groups is 1. The zero-order valence-corrected chi connectivity index (χ0v) is 12.5. The standard InChI is InChI=1S/C15H20N2O2S/c18-11-5-3-7-13-14(11)16-15(20-13)17-8-9-19-12-6-2-1-4-10(12)17/h10,12H,1-9H2. The molecule has 2 atom stereocenters. The summed E-state index contributed by atoms with van der Waals surface area (Å²) in [5, 5.41) is 1.06. The summed E-state index contributed by atoms with van der Waals surface area (Å²) in [7, 11) is 0. The second-order valence-electron chi connectivity index (χ2n) is 6.00. The summed E-state index contributed by atoms with van der Waals surface area (Å²) in [5.74, 6) is 0.238. The van der Waals surface area contributed by atoms with Crippen molar-refractivity contribution < 1.29 is 9.53 Å². The average molecular weight is 292 g/mol. The molecule has 2 fully saturated rings. The number of carbonyl (C=O) groups excluding carboxylic acids is 1. The van der Waals surface area contributed by atoms with Crippen LogP contribution in [0.25, 0.3) is 0 Å². The van der Waals surface area contributed by atoms with E-state index in [0.717, 1.165) is 36.8 Å². The van der Waals surface area contributed by atoms with Gasteiger partial charge in [-0.3, -0.25) is 4.79 Å². The first-order valence-electron chi connectivity index (χ1n) is 7.74. The molecule has 0 amide bonds. The summed E-state index contributed by atoms with van der Waals surface area (Å²) in [4.78, 5) is 20.3. The SMILES string of the molecule is O=C1CCCc2sc(N3CCOC4CCCCC43)nc21. The number of aromatic nitrogens is 1. The molecule has 0 N–H and O–H groups in total. The van der Waals surface area contributed by atoms with E-state index in [2.05, 4.69) is 9.88 Å². The van der Waals surface area contributed by atoms with Crippen LogP contribution in [0.3, 0.4) is 0 Å². The second kappa shape index (κ2) is 5.11. The van der Waals surface area contributed by atoms with Crippen molar-refractivity contribution in [3.63, 3.8) is 0 Å². The topological polar surface area (TPSA) is 42.4 Å². The van der Waals surface area contributed by atoms with Gasteiger partial charge in [-0.2, -0.15) is 0 Å². The number of morpholine rings is 1. The van der Waals surface area contributed by atoms with E-state index in [1.54, 1.807) is 11.3 Å². The molecule has 0 aromatic carbocycles. The second-order valence-corrected chi connectivity index (χ2v) is 7.06. The minimum Gasteiger partial charge on any atom is -0.374 e. The molecule has 2 heterocycles. The van der Waals surface area contributed by atoms with Crippen molar-refractivity contribution in [2.45, 2.75) is 57.1 Å². The predicted octanol–water partition coefficient (Wildman–Crippen LogP) is 2.81. The molecule has 1 aliphatic heterocycles. The summed E-state index contributed by atoms with van der Waals surface area (Å²) in [6, 6.07) is 0.472. The van der Waals surface area contributed by atoms with Crippen LogP contribution in [0, 0.1) is 0 Å². The fourth-order valence-electron chi connectivity index (χ4n) is 3.71. The summed E-state index contributed by atoms with van der Waals surface area (Å²) in [6.45, 7) is 1.71. The van der Waals surface area contributed by atoms with Gasteiger partial charge < -0.3 is 9.64 Å². The molecule has 108 valence electrons. The van der Waals surface area contributed by atoms with Gasteiger partial charge in [-0.05, 0) is 25.7 Å². The van der Waals surface area contributed by atoms with Crippen molar-refractivity contribution in [3.8, 4) is 0 Å². The van der Waals surface area contributed by atoms with E-state index in [4.69, 9.17) is 4.74 Å². The van der Waals surface area contributed by atoms with Gasteiger partial charge in [0.1, 0.15) is 5.69 Å². The van der Waals surface area contributed by atoms with Gasteiger partial charge in [0, 0.05) is 17.8 Å². The Morgan fingerprint density at radius 3 is 3.00 bits per heavy atom. The summed E-state index contributed by atoms with van der Waals surface area (Å²) in [5.41, 5.74) is 0.759. The molecule has 1 aromatic heterocycles. The van der Waals surface area contributed by atoms with Crippen molar-refractivity contribution in [1.29, 1.82) is 0 Å². The quantitative estimate of drug-likeness (QED) is 0.798. The minimum atomic E-state index is 0.238. The third-order valence-corrected chi connectivity index (χ3v) is 5.89. The van der Waals surface area contributed by atoms with E-state index in [1.807, 2.05) is 0 Å².